The van der Waals surface area contributed by atoms with Gasteiger partial charge in [0.25, 0.3) is 0 Å². The minimum atomic E-state index is -0.660. The Kier molecular flexibility index (Phi) is 4.41. The van der Waals surface area contributed by atoms with Crippen molar-refractivity contribution in [2.45, 2.75) is 85.5 Å². The van der Waals surface area contributed by atoms with Crippen molar-refractivity contribution in [3.8, 4) is 11.5 Å². The molecule has 4 aliphatic carbocycles. The van der Waals surface area contributed by atoms with Crippen LogP contribution in [0.4, 0.5) is 0 Å². The Balaban J connectivity index is 1.66. The predicted octanol–water partition coefficient (Wildman–Crippen LogP) is 6.72. The van der Waals surface area contributed by atoms with Gasteiger partial charge >= 0.3 is 5.97 Å². The van der Waals surface area contributed by atoms with E-state index in [4.69, 9.17) is 0 Å². The molecule has 0 aliphatic heterocycles. The van der Waals surface area contributed by atoms with Gasteiger partial charge in [0, 0.05) is 16.4 Å². The molecular formula is C29H38O4. The summed E-state index contributed by atoms with van der Waals surface area (Å²) in [4.78, 5) is 12.2. The minimum Gasteiger partial charge on any atom is -0.504 e. The number of phenolic OH excluding ortho intramolecular Hbond substituents is 2. The van der Waals surface area contributed by atoms with E-state index < -0.39 is 11.4 Å². The Morgan fingerprint density at radius 2 is 1.73 bits per heavy atom. The molecule has 4 nitrogen and oxygen atoms in total. The summed E-state index contributed by atoms with van der Waals surface area (Å²) in [7, 11) is 0. The van der Waals surface area contributed by atoms with Crippen molar-refractivity contribution in [2.75, 3.05) is 0 Å². The first-order valence-electron chi connectivity index (χ1n) is 12.4. The molecule has 0 bridgehead atoms. The molecule has 178 valence electrons. The second-order valence-electron chi connectivity index (χ2n) is 12.7. The van der Waals surface area contributed by atoms with E-state index in [1.165, 1.54) is 5.57 Å². The smallest absolute Gasteiger partial charge is 0.309 e. The second-order valence-corrected chi connectivity index (χ2v) is 12.7. The van der Waals surface area contributed by atoms with Crippen LogP contribution in [-0.2, 0) is 10.2 Å². The number of fused-ring (bicyclic) bond motifs is 7. The van der Waals surface area contributed by atoms with Crippen molar-refractivity contribution in [3.63, 3.8) is 0 Å². The van der Waals surface area contributed by atoms with E-state index in [0.29, 0.717) is 5.92 Å². The van der Waals surface area contributed by atoms with Gasteiger partial charge in [-0.2, -0.15) is 0 Å². The van der Waals surface area contributed by atoms with Gasteiger partial charge in [-0.1, -0.05) is 51.5 Å². The van der Waals surface area contributed by atoms with Crippen LogP contribution in [0.2, 0.25) is 0 Å². The number of aromatic hydroxyl groups is 2. The summed E-state index contributed by atoms with van der Waals surface area (Å²) in [5.74, 6) is -0.415. The van der Waals surface area contributed by atoms with Gasteiger partial charge in [-0.25, -0.2) is 0 Å². The molecule has 4 heteroatoms. The third-order valence-electron chi connectivity index (χ3n) is 11.0. The fraction of sp³-hybridized carbons (Fsp3) is 0.621. The number of benzene rings is 1. The highest BCUT2D eigenvalue weighted by Gasteiger charge is 2.64. The molecule has 0 saturated heterocycles. The largest absolute Gasteiger partial charge is 0.504 e. The molecule has 0 aromatic heterocycles. The van der Waals surface area contributed by atoms with Gasteiger partial charge in [-0.05, 0) is 86.3 Å². The highest BCUT2D eigenvalue weighted by molar-refractivity contribution is 5.75. The van der Waals surface area contributed by atoms with E-state index in [2.05, 4.69) is 45.9 Å². The van der Waals surface area contributed by atoms with E-state index in [-0.39, 0.29) is 33.2 Å². The van der Waals surface area contributed by atoms with Crippen molar-refractivity contribution in [3.05, 3.63) is 40.5 Å². The van der Waals surface area contributed by atoms with Crippen LogP contribution in [0, 0.1) is 34.5 Å². The predicted molar refractivity (Wildman–Crippen MR) is 130 cm³/mol. The molecule has 4 aliphatic rings. The number of allylic oxidation sites excluding steroid dienone is 3. The fourth-order valence-electron chi connectivity index (χ4n) is 8.32. The molecule has 0 spiro atoms. The Morgan fingerprint density at radius 3 is 2.39 bits per heavy atom. The van der Waals surface area contributed by atoms with Crippen LogP contribution in [0.25, 0.3) is 6.08 Å². The van der Waals surface area contributed by atoms with Crippen LogP contribution in [0.15, 0.2) is 23.8 Å². The molecule has 1 aromatic rings. The molecular weight excluding hydrogens is 412 g/mol. The zero-order chi connectivity index (χ0) is 24.2. The first kappa shape index (κ1) is 22.6. The fourth-order valence-corrected chi connectivity index (χ4v) is 8.32. The maximum absolute atomic E-state index is 12.2. The van der Waals surface area contributed by atoms with E-state index in [9.17, 15) is 20.1 Å². The third-order valence-corrected chi connectivity index (χ3v) is 11.0. The summed E-state index contributed by atoms with van der Waals surface area (Å²) in [6, 6.07) is 1.78. The maximum atomic E-state index is 12.2. The van der Waals surface area contributed by atoms with Crippen molar-refractivity contribution in [1.29, 1.82) is 0 Å². The average molecular weight is 451 g/mol. The third kappa shape index (κ3) is 2.61. The molecule has 2 fully saturated rings. The molecule has 2 saturated carbocycles. The quantitative estimate of drug-likeness (QED) is 0.328. The lowest BCUT2D eigenvalue weighted by molar-refractivity contribution is -0.157. The van der Waals surface area contributed by atoms with Crippen LogP contribution in [-0.4, -0.2) is 21.3 Å². The van der Waals surface area contributed by atoms with Gasteiger partial charge in [0.05, 0.1) is 5.41 Å². The molecule has 0 heterocycles. The Bertz CT molecular complexity index is 1130. The van der Waals surface area contributed by atoms with E-state index in [1.54, 1.807) is 6.07 Å². The number of hydrogen-bond acceptors (Lipinski definition) is 3. The molecule has 1 aromatic carbocycles. The number of phenols is 2. The SMILES string of the molecule is Cc1c(O)c(O)cc2c1C=C[C@@]1(C)C3=CCC4(C)CC[C@@](C)(C(=O)O)CC4[C@]3(C)CC[C@@]21C. The molecule has 5 rings (SSSR count). The number of carboxylic acids is 1. The molecule has 6 atom stereocenters. The summed E-state index contributed by atoms with van der Waals surface area (Å²) >= 11 is 0. The van der Waals surface area contributed by atoms with Crippen LogP contribution in [0.5, 0.6) is 11.5 Å². The zero-order valence-corrected chi connectivity index (χ0v) is 20.9. The molecule has 33 heavy (non-hydrogen) atoms. The second kappa shape index (κ2) is 6.46. The van der Waals surface area contributed by atoms with Gasteiger partial charge in [-0.3, -0.25) is 4.79 Å². The molecule has 2 unspecified atom stereocenters. The standard InChI is InChI=1S/C29H38O4/c1-17-18-7-10-29(6)21-8-9-25(2)11-12-26(3,24(32)33)16-22(25)27(21,4)13-14-28(29,5)19(18)15-20(30)23(17)31/h7-8,10,15,22,30-31H,9,11-14,16H2,1-6H3,(H,32,33)/t22?,25?,26-,27-,28+,29+/m1/s1. The first-order valence-corrected chi connectivity index (χ1v) is 12.4. The lowest BCUT2D eigenvalue weighted by atomic mass is 9.37. The molecule has 3 N–H and O–H groups in total. The van der Waals surface area contributed by atoms with E-state index in [0.717, 1.165) is 55.2 Å². The summed E-state index contributed by atoms with van der Waals surface area (Å²) in [6.45, 7) is 13.2. The van der Waals surface area contributed by atoms with Gasteiger partial charge in [0.1, 0.15) is 0 Å². The van der Waals surface area contributed by atoms with Crippen molar-refractivity contribution in [1.82, 2.24) is 0 Å². The average Bonchev–Trinajstić information content (AvgIpc) is 2.75. The Morgan fingerprint density at radius 1 is 1.03 bits per heavy atom. The first-order chi connectivity index (χ1) is 15.2. The summed E-state index contributed by atoms with van der Waals surface area (Å²) in [5, 5.41) is 30.9. The monoisotopic (exact) mass is 450 g/mol. The Hall–Kier alpha value is -2.23. The number of carbonyl (C=O) groups is 1. The van der Waals surface area contributed by atoms with E-state index >= 15 is 0 Å². The van der Waals surface area contributed by atoms with E-state index in [1.807, 2.05) is 13.8 Å². The number of hydrogen-bond donors (Lipinski definition) is 3. The van der Waals surface area contributed by atoms with Crippen molar-refractivity contribution < 1.29 is 20.1 Å². The van der Waals surface area contributed by atoms with Crippen LogP contribution in [0.3, 0.4) is 0 Å². The van der Waals surface area contributed by atoms with Gasteiger partial charge in [0.15, 0.2) is 11.5 Å². The van der Waals surface area contributed by atoms with Crippen LogP contribution >= 0.6 is 0 Å². The topological polar surface area (TPSA) is 77.8 Å². The lowest BCUT2D eigenvalue weighted by Crippen LogP contribution is -2.59. The summed E-state index contributed by atoms with van der Waals surface area (Å²) < 4.78 is 0. The normalized spacial score (nSPS) is 43.6. The Labute approximate surface area is 197 Å². The highest BCUT2D eigenvalue weighted by Crippen LogP contribution is 2.72. The molecule has 0 radical (unpaired) electrons. The van der Waals surface area contributed by atoms with Crippen molar-refractivity contribution >= 4 is 12.0 Å². The highest BCUT2D eigenvalue weighted by atomic mass is 16.4. The number of carboxylic acid groups (broad SMARTS) is 1. The lowest BCUT2D eigenvalue weighted by Gasteiger charge is -2.66. The van der Waals surface area contributed by atoms with Gasteiger partial charge in [-0.15, -0.1) is 0 Å². The number of rotatable bonds is 1. The minimum absolute atomic E-state index is 0.0333. The van der Waals surface area contributed by atoms with Crippen molar-refractivity contribution in [2.24, 2.45) is 27.6 Å². The summed E-state index contributed by atoms with van der Waals surface area (Å²) in [5.41, 5.74) is 3.26. The maximum Gasteiger partial charge on any atom is 0.309 e. The van der Waals surface area contributed by atoms with Crippen LogP contribution < -0.4 is 0 Å². The zero-order valence-electron chi connectivity index (χ0n) is 20.9. The van der Waals surface area contributed by atoms with Gasteiger partial charge in [0.2, 0.25) is 0 Å². The van der Waals surface area contributed by atoms with Crippen LogP contribution in [0.1, 0.15) is 89.8 Å². The number of aliphatic carboxylic acids is 1. The molecule has 0 amide bonds. The van der Waals surface area contributed by atoms with Gasteiger partial charge < -0.3 is 15.3 Å². The summed E-state index contributed by atoms with van der Waals surface area (Å²) in [6.07, 6.45) is 12.3.